The van der Waals surface area contributed by atoms with E-state index in [0.717, 1.165) is 6.92 Å². The van der Waals surface area contributed by atoms with Crippen LogP contribution in [0.4, 0.5) is 23.5 Å². The molecule has 0 radical (unpaired) electrons. The molecule has 94 valence electrons. The van der Waals surface area contributed by atoms with Crippen LogP contribution in [0.1, 0.15) is 6.92 Å². The topological polar surface area (TPSA) is 67.1 Å². The van der Waals surface area contributed by atoms with E-state index in [0.29, 0.717) is 4.57 Å². The number of halogens is 4. The number of aromatic hydroxyl groups is 1. The Bertz CT molecular complexity index is 539. The standard InChI is InChI=1S/C8H7F4N3O2/c1-7(8(10,11)12)2-15-5(17)3(9)4(16)13-6(15)14-7/h16H,2H2,1H3,(H,13,14)/t7-/m0/s1. The Kier molecular flexibility index (Phi) is 2.14. The second-order valence-corrected chi connectivity index (χ2v) is 3.92. The summed E-state index contributed by atoms with van der Waals surface area (Å²) >= 11 is 0. The van der Waals surface area contributed by atoms with Crippen LogP contribution >= 0.6 is 0 Å². The first-order valence-corrected chi connectivity index (χ1v) is 4.50. The molecule has 0 saturated carbocycles. The first kappa shape index (κ1) is 11.7. The summed E-state index contributed by atoms with van der Waals surface area (Å²) in [6, 6.07) is 0. The van der Waals surface area contributed by atoms with Crippen molar-refractivity contribution in [1.82, 2.24) is 9.55 Å². The first-order chi connectivity index (χ1) is 7.66. The molecule has 0 spiro atoms. The van der Waals surface area contributed by atoms with Crippen LogP contribution in [0.25, 0.3) is 0 Å². The highest BCUT2D eigenvalue weighted by atomic mass is 19.4. The van der Waals surface area contributed by atoms with Gasteiger partial charge in [-0.15, -0.1) is 0 Å². The molecule has 9 heteroatoms. The number of nitrogens with zero attached hydrogens (tertiary/aromatic N) is 2. The van der Waals surface area contributed by atoms with E-state index in [1.807, 2.05) is 5.32 Å². The molecular formula is C8H7F4N3O2. The van der Waals surface area contributed by atoms with Gasteiger partial charge in [-0.1, -0.05) is 0 Å². The molecule has 0 unspecified atom stereocenters. The Morgan fingerprint density at radius 2 is 2.12 bits per heavy atom. The van der Waals surface area contributed by atoms with Crippen molar-refractivity contribution in [3.8, 4) is 5.88 Å². The third-order valence-electron chi connectivity index (χ3n) is 2.58. The number of nitrogens with one attached hydrogen (secondary N) is 1. The van der Waals surface area contributed by atoms with Gasteiger partial charge >= 0.3 is 6.18 Å². The van der Waals surface area contributed by atoms with Gasteiger partial charge in [-0.05, 0) is 6.92 Å². The Morgan fingerprint density at radius 1 is 1.53 bits per heavy atom. The van der Waals surface area contributed by atoms with Crippen LogP contribution in [-0.4, -0.2) is 26.4 Å². The highest BCUT2D eigenvalue weighted by Gasteiger charge is 2.55. The largest absolute Gasteiger partial charge is 0.491 e. The lowest BCUT2D eigenvalue weighted by atomic mass is 10.0. The van der Waals surface area contributed by atoms with E-state index in [-0.39, 0.29) is 0 Å². The second-order valence-electron chi connectivity index (χ2n) is 3.92. The molecule has 0 aromatic carbocycles. The second kappa shape index (κ2) is 3.11. The summed E-state index contributed by atoms with van der Waals surface area (Å²) in [5.74, 6) is -3.30. The predicted octanol–water partition coefficient (Wildman–Crippen LogP) is 0.834. The third kappa shape index (κ3) is 1.53. The van der Waals surface area contributed by atoms with Crippen LogP contribution in [0.5, 0.6) is 5.88 Å². The maximum atomic E-state index is 13.0. The van der Waals surface area contributed by atoms with Gasteiger partial charge < -0.3 is 10.4 Å². The van der Waals surface area contributed by atoms with Crippen LogP contribution in [0.2, 0.25) is 0 Å². The quantitative estimate of drug-likeness (QED) is 0.672. The number of alkyl halides is 3. The van der Waals surface area contributed by atoms with E-state index in [1.54, 1.807) is 0 Å². The average molecular weight is 253 g/mol. The molecule has 2 heterocycles. The first-order valence-electron chi connectivity index (χ1n) is 4.50. The smallest absolute Gasteiger partial charge is 0.412 e. The van der Waals surface area contributed by atoms with Gasteiger partial charge in [-0.2, -0.15) is 22.5 Å². The molecule has 1 atom stereocenters. The lowest BCUT2D eigenvalue weighted by Gasteiger charge is -2.26. The van der Waals surface area contributed by atoms with Gasteiger partial charge in [-0.3, -0.25) is 9.36 Å². The molecule has 1 aromatic rings. The molecular weight excluding hydrogens is 246 g/mol. The molecule has 0 aliphatic carbocycles. The molecule has 0 bridgehead atoms. The monoisotopic (exact) mass is 253 g/mol. The average Bonchev–Trinajstić information content (AvgIpc) is 2.52. The van der Waals surface area contributed by atoms with E-state index in [9.17, 15) is 22.4 Å². The Morgan fingerprint density at radius 3 is 2.65 bits per heavy atom. The fraction of sp³-hybridized carbons (Fsp3) is 0.500. The minimum Gasteiger partial charge on any atom is -0.491 e. The fourth-order valence-corrected chi connectivity index (χ4v) is 1.53. The summed E-state index contributed by atoms with van der Waals surface area (Å²) in [4.78, 5) is 14.4. The van der Waals surface area contributed by atoms with Crippen molar-refractivity contribution < 1.29 is 22.7 Å². The number of hydrogen-bond acceptors (Lipinski definition) is 4. The highest BCUT2D eigenvalue weighted by molar-refractivity contribution is 5.39. The summed E-state index contributed by atoms with van der Waals surface area (Å²) in [7, 11) is 0. The zero-order valence-corrected chi connectivity index (χ0v) is 8.47. The minimum atomic E-state index is -4.64. The van der Waals surface area contributed by atoms with Crippen LogP contribution in [-0.2, 0) is 6.54 Å². The summed E-state index contributed by atoms with van der Waals surface area (Å²) in [5, 5.41) is 10.9. The zero-order valence-electron chi connectivity index (χ0n) is 8.47. The van der Waals surface area contributed by atoms with E-state index in [2.05, 4.69) is 4.98 Å². The number of hydrogen-bond donors (Lipinski definition) is 2. The number of anilines is 1. The van der Waals surface area contributed by atoms with Crippen molar-refractivity contribution in [2.75, 3.05) is 5.32 Å². The number of fused-ring (bicyclic) bond motifs is 1. The van der Waals surface area contributed by atoms with Crippen LogP contribution < -0.4 is 10.9 Å². The molecule has 2 rings (SSSR count). The van der Waals surface area contributed by atoms with Crippen molar-refractivity contribution in [2.24, 2.45) is 0 Å². The number of rotatable bonds is 0. The summed E-state index contributed by atoms with van der Waals surface area (Å²) in [6.07, 6.45) is -4.64. The van der Waals surface area contributed by atoms with Crippen LogP contribution in [0.3, 0.4) is 0 Å². The Balaban J connectivity index is 2.55. The van der Waals surface area contributed by atoms with Gasteiger partial charge in [0.15, 0.2) is 5.54 Å². The van der Waals surface area contributed by atoms with Gasteiger partial charge in [-0.25, -0.2) is 0 Å². The SMILES string of the molecule is C[C@@]1(C(F)(F)F)Cn2c(nc(O)c(F)c2=O)N1. The van der Waals surface area contributed by atoms with Crippen molar-refractivity contribution >= 4 is 5.95 Å². The lowest BCUT2D eigenvalue weighted by Crippen LogP contribution is -2.48. The van der Waals surface area contributed by atoms with Gasteiger partial charge in [0.1, 0.15) is 0 Å². The normalized spacial score (nSPS) is 23.4. The van der Waals surface area contributed by atoms with E-state index in [4.69, 9.17) is 5.11 Å². The molecule has 0 amide bonds. The van der Waals surface area contributed by atoms with Crippen LogP contribution in [0, 0.1) is 5.82 Å². The van der Waals surface area contributed by atoms with Crippen molar-refractivity contribution in [2.45, 2.75) is 25.2 Å². The molecule has 5 nitrogen and oxygen atoms in total. The van der Waals surface area contributed by atoms with Crippen molar-refractivity contribution in [3.05, 3.63) is 16.2 Å². The highest BCUT2D eigenvalue weighted by Crippen LogP contribution is 2.38. The maximum Gasteiger partial charge on any atom is 0.412 e. The molecule has 17 heavy (non-hydrogen) atoms. The summed E-state index contributed by atoms with van der Waals surface area (Å²) in [6.45, 7) is 0.0188. The molecule has 1 aliphatic heterocycles. The zero-order chi connectivity index (χ0) is 13.0. The van der Waals surface area contributed by atoms with E-state index >= 15 is 0 Å². The van der Waals surface area contributed by atoms with E-state index < -0.39 is 41.5 Å². The predicted molar refractivity (Wildman–Crippen MR) is 48.2 cm³/mol. The van der Waals surface area contributed by atoms with Gasteiger partial charge in [0.25, 0.3) is 11.4 Å². The van der Waals surface area contributed by atoms with E-state index in [1.165, 1.54) is 0 Å². The van der Waals surface area contributed by atoms with Crippen LogP contribution in [0.15, 0.2) is 4.79 Å². The molecule has 1 aromatic heterocycles. The summed E-state index contributed by atoms with van der Waals surface area (Å²) < 4.78 is 51.5. The minimum absolute atomic E-state index is 0.503. The van der Waals surface area contributed by atoms with Gasteiger partial charge in [0.05, 0.1) is 6.54 Å². The molecule has 0 saturated heterocycles. The van der Waals surface area contributed by atoms with Gasteiger partial charge in [0.2, 0.25) is 11.8 Å². The maximum absolute atomic E-state index is 13.0. The Hall–Kier alpha value is -1.80. The van der Waals surface area contributed by atoms with Crippen molar-refractivity contribution in [1.29, 1.82) is 0 Å². The molecule has 0 fully saturated rings. The Labute approximate surface area is 91.7 Å². The summed E-state index contributed by atoms with van der Waals surface area (Å²) in [5.41, 5.74) is -3.75. The number of aromatic nitrogens is 2. The van der Waals surface area contributed by atoms with Crippen molar-refractivity contribution in [3.63, 3.8) is 0 Å². The lowest BCUT2D eigenvalue weighted by molar-refractivity contribution is -0.174. The van der Waals surface area contributed by atoms with Gasteiger partial charge in [0, 0.05) is 0 Å². The fourth-order valence-electron chi connectivity index (χ4n) is 1.53. The molecule has 2 N–H and O–H groups in total. The third-order valence-corrected chi connectivity index (χ3v) is 2.58. The molecule has 1 aliphatic rings.